The highest BCUT2D eigenvalue weighted by Crippen LogP contribution is 2.31. The summed E-state index contributed by atoms with van der Waals surface area (Å²) < 4.78 is 17.2. The van der Waals surface area contributed by atoms with Crippen LogP contribution in [0.25, 0.3) is 16.5 Å². The number of esters is 1. The van der Waals surface area contributed by atoms with Gasteiger partial charge in [0.25, 0.3) is 11.5 Å². The predicted octanol–water partition coefficient (Wildman–Crippen LogP) is 4.69. The zero-order valence-corrected chi connectivity index (χ0v) is 21.0. The average molecular weight is 528 g/mol. The van der Waals surface area contributed by atoms with E-state index in [4.69, 9.17) is 25.8 Å². The summed E-state index contributed by atoms with van der Waals surface area (Å²) >= 11 is 6.97. The molecule has 9 nitrogen and oxygen atoms in total. The lowest BCUT2D eigenvalue weighted by Crippen LogP contribution is -2.26. The van der Waals surface area contributed by atoms with E-state index in [1.54, 1.807) is 60.8 Å². The number of nitrogens with one attached hydrogen (secondary N) is 1. The van der Waals surface area contributed by atoms with E-state index in [1.807, 2.05) is 6.92 Å². The monoisotopic (exact) mass is 527 g/mol. The SMILES string of the molecule is CCOC(=O)c1nn(-c2ccc(OCC)cc2)c(=O)c2c(NC(=O)COc3ccc(Cl)cc3)scc12. The molecule has 0 atom stereocenters. The van der Waals surface area contributed by atoms with Crippen molar-refractivity contribution in [3.8, 4) is 17.2 Å². The molecule has 4 rings (SSSR count). The van der Waals surface area contributed by atoms with E-state index in [0.717, 1.165) is 16.0 Å². The fraction of sp³-hybridized carbons (Fsp3) is 0.200. The van der Waals surface area contributed by atoms with Crippen molar-refractivity contribution in [1.82, 2.24) is 9.78 Å². The van der Waals surface area contributed by atoms with Gasteiger partial charge in [0.2, 0.25) is 0 Å². The maximum absolute atomic E-state index is 13.5. The first-order valence-corrected chi connectivity index (χ1v) is 12.3. The highest BCUT2D eigenvalue weighted by Gasteiger charge is 2.23. The minimum Gasteiger partial charge on any atom is -0.494 e. The van der Waals surface area contributed by atoms with Crippen molar-refractivity contribution < 1.29 is 23.8 Å². The Bertz CT molecular complexity index is 1450. The molecular weight excluding hydrogens is 506 g/mol. The van der Waals surface area contributed by atoms with Gasteiger partial charge >= 0.3 is 5.97 Å². The van der Waals surface area contributed by atoms with Gasteiger partial charge in [0, 0.05) is 15.8 Å². The zero-order valence-electron chi connectivity index (χ0n) is 19.4. The van der Waals surface area contributed by atoms with E-state index in [0.29, 0.717) is 34.2 Å². The molecule has 0 unspecified atom stereocenters. The Morgan fingerprint density at radius 3 is 2.33 bits per heavy atom. The molecule has 1 amide bonds. The first kappa shape index (κ1) is 25.2. The average Bonchev–Trinajstić information content (AvgIpc) is 3.29. The summed E-state index contributed by atoms with van der Waals surface area (Å²) in [5, 5.41) is 9.84. The van der Waals surface area contributed by atoms with Crippen molar-refractivity contribution in [2.75, 3.05) is 25.1 Å². The molecule has 0 bridgehead atoms. The Morgan fingerprint density at radius 1 is 1.00 bits per heavy atom. The van der Waals surface area contributed by atoms with Crippen LogP contribution in [0.3, 0.4) is 0 Å². The van der Waals surface area contributed by atoms with E-state index in [1.165, 1.54) is 0 Å². The van der Waals surface area contributed by atoms with E-state index in [2.05, 4.69) is 10.4 Å². The van der Waals surface area contributed by atoms with E-state index < -0.39 is 17.4 Å². The molecular formula is C25H22ClN3O6S. The smallest absolute Gasteiger partial charge is 0.359 e. The lowest BCUT2D eigenvalue weighted by Gasteiger charge is -2.11. The first-order valence-electron chi connectivity index (χ1n) is 11.0. The number of halogens is 1. The van der Waals surface area contributed by atoms with Gasteiger partial charge in [-0.15, -0.1) is 11.3 Å². The second kappa shape index (κ2) is 11.2. The van der Waals surface area contributed by atoms with Crippen LogP contribution < -0.4 is 20.3 Å². The standard InChI is InChI=1S/C25H22ClN3O6S/c1-3-33-17-11-7-16(8-12-17)29-24(31)21-19(22(28-29)25(32)34-4-2)14-36-23(21)27-20(30)13-35-18-9-5-15(26)6-10-18/h5-12,14H,3-4,13H2,1-2H3,(H,27,30). The van der Waals surface area contributed by atoms with Crippen LogP contribution in [0.2, 0.25) is 5.02 Å². The van der Waals surface area contributed by atoms with Crippen LogP contribution in [0.15, 0.2) is 58.7 Å². The van der Waals surface area contributed by atoms with Crippen LogP contribution in [0.1, 0.15) is 24.3 Å². The van der Waals surface area contributed by atoms with Crippen molar-refractivity contribution in [2.24, 2.45) is 0 Å². The van der Waals surface area contributed by atoms with Crippen LogP contribution in [0.4, 0.5) is 5.00 Å². The van der Waals surface area contributed by atoms with Crippen LogP contribution in [-0.2, 0) is 9.53 Å². The number of anilines is 1. The van der Waals surface area contributed by atoms with Crippen molar-refractivity contribution in [3.05, 3.63) is 75.0 Å². The maximum atomic E-state index is 13.5. The number of rotatable bonds is 9. The molecule has 4 aromatic rings. The van der Waals surface area contributed by atoms with Crippen LogP contribution >= 0.6 is 22.9 Å². The molecule has 0 aliphatic heterocycles. The topological polar surface area (TPSA) is 109 Å². The Kier molecular flexibility index (Phi) is 7.87. The lowest BCUT2D eigenvalue weighted by molar-refractivity contribution is -0.118. The summed E-state index contributed by atoms with van der Waals surface area (Å²) in [6.07, 6.45) is 0. The van der Waals surface area contributed by atoms with Crippen LogP contribution in [-0.4, -0.2) is 41.5 Å². The second-order valence-corrected chi connectivity index (χ2v) is 8.67. The molecule has 11 heteroatoms. The minimum absolute atomic E-state index is 0.0329. The Labute approximate surface area is 215 Å². The number of nitrogens with zero attached hydrogens (tertiary/aromatic N) is 2. The molecule has 0 aliphatic carbocycles. The normalized spacial score (nSPS) is 10.8. The van der Waals surface area contributed by atoms with Gasteiger partial charge in [-0.2, -0.15) is 9.78 Å². The molecule has 36 heavy (non-hydrogen) atoms. The fourth-order valence-corrected chi connectivity index (χ4v) is 4.44. The number of carbonyl (C=O) groups excluding carboxylic acids is 2. The van der Waals surface area contributed by atoms with E-state index in [9.17, 15) is 14.4 Å². The summed E-state index contributed by atoms with van der Waals surface area (Å²) in [5.74, 6) is -0.0541. The lowest BCUT2D eigenvalue weighted by atomic mass is 10.2. The molecule has 0 saturated heterocycles. The van der Waals surface area contributed by atoms with Gasteiger partial charge < -0.3 is 19.5 Å². The number of ether oxygens (including phenoxy) is 3. The molecule has 2 aromatic carbocycles. The number of hydrogen-bond donors (Lipinski definition) is 1. The molecule has 0 saturated carbocycles. The molecule has 2 aromatic heterocycles. The highest BCUT2D eigenvalue weighted by molar-refractivity contribution is 7.16. The van der Waals surface area contributed by atoms with Gasteiger partial charge in [-0.05, 0) is 62.4 Å². The highest BCUT2D eigenvalue weighted by atomic mass is 35.5. The minimum atomic E-state index is -0.677. The number of benzene rings is 2. The van der Waals surface area contributed by atoms with Crippen LogP contribution in [0, 0.1) is 0 Å². The number of fused-ring (bicyclic) bond motifs is 1. The fourth-order valence-electron chi connectivity index (χ4n) is 3.36. The molecule has 1 N–H and O–H groups in total. The summed E-state index contributed by atoms with van der Waals surface area (Å²) in [5.41, 5.74) is -0.114. The van der Waals surface area contributed by atoms with Gasteiger partial charge in [0.1, 0.15) is 16.5 Å². The van der Waals surface area contributed by atoms with Gasteiger partial charge in [-0.25, -0.2) is 4.79 Å². The van der Waals surface area contributed by atoms with Gasteiger partial charge in [0.15, 0.2) is 12.3 Å². The molecule has 0 spiro atoms. The number of carbonyl (C=O) groups is 2. The summed E-state index contributed by atoms with van der Waals surface area (Å²) in [6, 6.07) is 13.3. The third-order valence-corrected chi connectivity index (χ3v) is 6.10. The number of thiophene rings is 1. The number of hydrogen-bond acceptors (Lipinski definition) is 8. The summed E-state index contributed by atoms with van der Waals surface area (Å²) in [6.45, 7) is 3.89. The quantitative estimate of drug-likeness (QED) is 0.314. The Hall–Kier alpha value is -3.89. The van der Waals surface area contributed by atoms with Gasteiger partial charge in [-0.1, -0.05) is 11.6 Å². The predicted molar refractivity (Wildman–Crippen MR) is 138 cm³/mol. The third-order valence-electron chi connectivity index (χ3n) is 4.95. The third kappa shape index (κ3) is 5.50. The van der Waals surface area contributed by atoms with E-state index in [-0.39, 0.29) is 29.3 Å². The largest absolute Gasteiger partial charge is 0.494 e. The van der Waals surface area contributed by atoms with Crippen molar-refractivity contribution in [1.29, 1.82) is 0 Å². The van der Waals surface area contributed by atoms with E-state index >= 15 is 0 Å². The molecule has 0 radical (unpaired) electrons. The summed E-state index contributed by atoms with van der Waals surface area (Å²) in [4.78, 5) is 38.7. The molecule has 0 aliphatic rings. The van der Waals surface area contributed by atoms with Gasteiger partial charge in [0.05, 0.1) is 24.3 Å². The van der Waals surface area contributed by atoms with Crippen molar-refractivity contribution in [2.45, 2.75) is 13.8 Å². The molecule has 0 fully saturated rings. The van der Waals surface area contributed by atoms with Crippen molar-refractivity contribution in [3.63, 3.8) is 0 Å². The Balaban J connectivity index is 1.69. The molecule has 186 valence electrons. The molecule has 2 heterocycles. The summed E-state index contributed by atoms with van der Waals surface area (Å²) in [7, 11) is 0. The first-order chi connectivity index (χ1) is 17.4. The van der Waals surface area contributed by atoms with Crippen LogP contribution in [0.5, 0.6) is 11.5 Å². The zero-order chi connectivity index (χ0) is 25.7. The number of amides is 1. The Morgan fingerprint density at radius 2 is 1.67 bits per heavy atom. The second-order valence-electron chi connectivity index (χ2n) is 7.36. The number of aromatic nitrogens is 2. The van der Waals surface area contributed by atoms with Crippen molar-refractivity contribution >= 4 is 50.6 Å². The van der Waals surface area contributed by atoms with Gasteiger partial charge in [-0.3, -0.25) is 9.59 Å². The maximum Gasteiger partial charge on any atom is 0.359 e.